The molecule has 0 aromatic carbocycles. The molecule has 10 nitrogen and oxygen atoms in total. The minimum atomic E-state index is -0.190. The van der Waals surface area contributed by atoms with Crippen molar-refractivity contribution in [3.8, 4) is 0 Å². The number of carbonyl (C=O) groups excluding carboxylic acids is 2. The van der Waals surface area contributed by atoms with Crippen LogP contribution < -0.4 is 22.1 Å². The van der Waals surface area contributed by atoms with Crippen molar-refractivity contribution < 1.29 is 9.59 Å². The molecule has 2 aromatic rings. The molecule has 0 aliphatic heterocycles. The van der Waals surface area contributed by atoms with Crippen molar-refractivity contribution in [3.05, 3.63) is 37.4 Å². The molecule has 2 amide bonds. The van der Waals surface area contributed by atoms with Crippen LogP contribution in [0.2, 0.25) is 0 Å². The molecule has 0 aliphatic rings. The SMILES string of the molecule is C.C.CN.CN.CNC(=O)NC.O=C(n1ccnc1)n1ccnc1. The van der Waals surface area contributed by atoms with Gasteiger partial charge in [-0.25, -0.2) is 19.6 Å². The summed E-state index contributed by atoms with van der Waals surface area (Å²) in [5, 5.41) is 4.73. The molecule has 0 radical (unpaired) electrons. The lowest BCUT2D eigenvalue weighted by Gasteiger charge is -1.98. The Morgan fingerprint density at radius 3 is 1.33 bits per heavy atom. The van der Waals surface area contributed by atoms with Crippen LogP contribution in [-0.2, 0) is 0 Å². The van der Waals surface area contributed by atoms with Gasteiger partial charge in [0, 0.05) is 38.9 Å². The average molecular weight is 344 g/mol. The van der Waals surface area contributed by atoms with Gasteiger partial charge in [0.25, 0.3) is 0 Å². The summed E-state index contributed by atoms with van der Waals surface area (Å²) in [4.78, 5) is 28.9. The Morgan fingerprint density at radius 2 is 1.17 bits per heavy atom. The first-order chi connectivity index (χ1) is 10.7. The van der Waals surface area contributed by atoms with Crippen LogP contribution in [0.1, 0.15) is 14.9 Å². The van der Waals surface area contributed by atoms with Crippen LogP contribution in [0.4, 0.5) is 9.59 Å². The second-order valence-corrected chi connectivity index (χ2v) is 3.05. The lowest BCUT2D eigenvalue weighted by Crippen LogP contribution is -2.28. The van der Waals surface area contributed by atoms with Gasteiger partial charge in [-0.15, -0.1) is 0 Å². The number of nitrogens with zero attached hydrogens (tertiary/aromatic N) is 4. The molecular weight excluding hydrogens is 312 g/mol. The van der Waals surface area contributed by atoms with Gasteiger partial charge in [0.1, 0.15) is 12.7 Å². The van der Waals surface area contributed by atoms with Gasteiger partial charge in [-0.05, 0) is 14.1 Å². The number of hydrogen-bond acceptors (Lipinski definition) is 6. The highest BCUT2D eigenvalue weighted by Gasteiger charge is 2.03. The molecule has 0 saturated carbocycles. The Hall–Kier alpha value is -2.72. The minimum Gasteiger partial charge on any atom is -0.341 e. The summed E-state index contributed by atoms with van der Waals surface area (Å²) in [5.74, 6) is 0. The fraction of sp³-hybridized carbons (Fsp3) is 0.429. The summed E-state index contributed by atoms with van der Waals surface area (Å²) in [7, 11) is 6.14. The number of urea groups is 1. The van der Waals surface area contributed by atoms with Crippen LogP contribution in [0.3, 0.4) is 0 Å². The number of rotatable bonds is 0. The first-order valence-electron chi connectivity index (χ1n) is 6.24. The first-order valence-corrected chi connectivity index (χ1v) is 6.24. The zero-order valence-corrected chi connectivity index (χ0v) is 13.2. The summed E-state index contributed by atoms with van der Waals surface area (Å²) in [6.07, 6.45) is 9.17. The fourth-order valence-electron chi connectivity index (χ4n) is 1.00. The van der Waals surface area contributed by atoms with E-state index in [1.807, 2.05) is 0 Å². The predicted octanol–water partition coefficient (Wildman–Crippen LogP) is 0.563. The monoisotopic (exact) mass is 344 g/mol. The third-order valence-electron chi connectivity index (χ3n) is 1.90. The van der Waals surface area contributed by atoms with Crippen LogP contribution in [0, 0.1) is 0 Å². The zero-order chi connectivity index (χ0) is 17.4. The van der Waals surface area contributed by atoms with Gasteiger partial charge in [0.2, 0.25) is 0 Å². The van der Waals surface area contributed by atoms with Crippen LogP contribution in [0.15, 0.2) is 37.4 Å². The van der Waals surface area contributed by atoms with E-state index in [9.17, 15) is 9.59 Å². The molecule has 140 valence electrons. The standard InChI is InChI=1S/C7H6N4O.C3H8N2O.2CH5N.2CH4/c12-7(10-3-1-8-5-10)11-4-2-9-6-11;1-4-3(6)5-2;2*1-2;;/h1-6H;1-2H3,(H2,4,5,6);2*2H2,1H3;2*1H4. The van der Waals surface area contributed by atoms with E-state index in [0.717, 1.165) is 0 Å². The summed E-state index contributed by atoms with van der Waals surface area (Å²) < 4.78 is 2.75. The minimum absolute atomic E-state index is 0. The third kappa shape index (κ3) is 11.9. The largest absolute Gasteiger partial charge is 0.341 e. The molecule has 2 rings (SSSR count). The molecule has 0 spiro atoms. The van der Waals surface area contributed by atoms with Crippen LogP contribution in [0.25, 0.3) is 0 Å². The molecule has 0 bridgehead atoms. The Morgan fingerprint density at radius 1 is 0.833 bits per heavy atom. The Kier molecular flexibility index (Phi) is 24.8. The molecule has 0 unspecified atom stereocenters. The van der Waals surface area contributed by atoms with Crippen molar-refractivity contribution in [2.24, 2.45) is 11.5 Å². The maximum absolute atomic E-state index is 11.4. The summed E-state index contributed by atoms with van der Waals surface area (Å²) in [6.45, 7) is 0. The van der Waals surface area contributed by atoms with E-state index in [1.54, 1.807) is 38.9 Å². The van der Waals surface area contributed by atoms with Crippen molar-refractivity contribution in [2.45, 2.75) is 14.9 Å². The van der Waals surface area contributed by atoms with Crippen molar-refractivity contribution in [2.75, 3.05) is 28.2 Å². The van der Waals surface area contributed by atoms with Gasteiger partial charge < -0.3 is 22.1 Å². The Bertz CT molecular complexity index is 441. The molecule has 10 heteroatoms. The molecule has 24 heavy (non-hydrogen) atoms. The van der Waals surface area contributed by atoms with Gasteiger partial charge in [0.05, 0.1) is 0 Å². The first kappa shape index (κ1) is 29.3. The smallest absolute Gasteiger partial charge is 0.338 e. The molecule has 0 atom stereocenters. The predicted molar refractivity (Wildman–Crippen MR) is 97.8 cm³/mol. The molecular formula is C14H32N8O2. The average Bonchev–Trinajstić information content (AvgIpc) is 3.31. The number of hydrogen-bond donors (Lipinski definition) is 4. The van der Waals surface area contributed by atoms with Crippen molar-refractivity contribution in [3.63, 3.8) is 0 Å². The molecule has 0 fully saturated rings. The number of carbonyl (C=O) groups is 2. The third-order valence-corrected chi connectivity index (χ3v) is 1.90. The lowest BCUT2D eigenvalue weighted by atomic mass is 10.8. The number of aromatic nitrogens is 4. The Labute approximate surface area is 144 Å². The lowest BCUT2D eigenvalue weighted by molar-refractivity contribution is 0.243. The van der Waals surface area contributed by atoms with Crippen molar-refractivity contribution in [1.82, 2.24) is 29.7 Å². The Balaban J connectivity index is -0.000000145. The van der Waals surface area contributed by atoms with E-state index in [4.69, 9.17) is 0 Å². The highest BCUT2D eigenvalue weighted by atomic mass is 16.2. The van der Waals surface area contributed by atoms with E-state index in [-0.39, 0.29) is 26.9 Å². The van der Waals surface area contributed by atoms with Gasteiger partial charge in [0.15, 0.2) is 0 Å². The van der Waals surface area contributed by atoms with Gasteiger partial charge in [-0.2, -0.15) is 0 Å². The van der Waals surface area contributed by atoms with Crippen molar-refractivity contribution in [1.29, 1.82) is 0 Å². The number of nitrogens with one attached hydrogen (secondary N) is 2. The van der Waals surface area contributed by atoms with E-state index in [1.165, 1.54) is 35.9 Å². The summed E-state index contributed by atoms with van der Waals surface area (Å²) in [5.41, 5.74) is 9.00. The van der Waals surface area contributed by atoms with Gasteiger partial charge in [-0.1, -0.05) is 14.9 Å². The van der Waals surface area contributed by atoms with E-state index < -0.39 is 0 Å². The highest BCUT2D eigenvalue weighted by Crippen LogP contribution is 1.91. The molecule has 6 N–H and O–H groups in total. The maximum Gasteiger partial charge on any atom is 0.338 e. The van der Waals surface area contributed by atoms with E-state index in [0.29, 0.717) is 0 Å². The maximum atomic E-state index is 11.4. The number of amides is 2. The highest BCUT2D eigenvalue weighted by molar-refractivity contribution is 5.78. The normalized spacial score (nSPS) is 7.25. The molecule has 0 aliphatic carbocycles. The van der Waals surface area contributed by atoms with Crippen LogP contribution in [0.5, 0.6) is 0 Å². The number of nitrogens with two attached hydrogens (primary N) is 2. The van der Waals surface area contributed by atoms with Crippen LogP contribution >= 0.6 is 0 Å². The molecule has 2 aromatic heterocycles. The second kappa shape index (κ2) is 20.3. The van der Waals surface area contributed by atoms with Crippen molar-refractivity contribution >= 4 is 12.1 Å². The van der Waals surface area contributed by atoms with Gasteiger partial charge in [-0.3, -0.25) is 9.13 Å². The van der Waals surface area contributed by atoms with Gasteiger partial charge >= 0.3 is 12.1 Å². The second-order valence-electron chi connectivity index (χ2n) is 3.05. The fourth-order valence-corrected chi connectivity index (χ4v) is 1.00. The van der Waals surface area contributed by atoms with Crippen LogP contribution in [-0.4, -0.2) is 59.4 Å². The van der Waals surface area contributed by atoms with E-state index >= 15 is 0 Å². The molecule has 0 saturated heterocycles. The summed E-state index contributed by atoms with van der Waals surface area (Å²) >= 11 is 0. The summed E-state index contributed by atoms with van der Waals surface area (Å²) in [6, 6.07) is -0.347. The topological polar surface area (TPSA) is 146 Å². The molecule has 2 heterocycles. The zero-order valence-electron chi connectivity index (χ0n) is 13.2. The quantitative estimate of drug-likeness (QED) is 0.549. The van der Waals surface area contributed by atoms with E-state index in [2.05, 4.69) is 32.1 Å². The number of imidazole rings is 2.